The van der Waals surface area contributed by atoms with Gasteiger partial charge in [-0.3, -0.25) is 0 Å². The molecule has 102 valence electrons. The van der Waals surface area contributed by atoms with Gasteiger partial charge in [0.15, 0.2) is 0 Å². The number of halogens is 1. The minimum atomic E-state index is -0.481. The first-order valence-corrected chi connectivity index (χ1v) is 6.85. The van der Waals surface area contributed by atoms with Gasteiger partial charge in [0, 0.05) is 18.1 Å². The predicted molar refractivity (Wildman–Crippen MR) is 77.9 cm³/mol. The van der Waals surface area contributed by atoms with Crippen LogP contribution in [0.25, 0.3) is 0 Å². The summed E-state index contributed by atoms with van der Waals surface area (Å²) in [5.41, 5.74) is 1.13. The Morgan fingerprint density at radius 1 is 1.22 bits per heavy atom. The Labute approximate surface area is 115 Å². The number of aliphatic hydroxyl groups is 1. The summed E-state index contributed by atoms with van der Waals surface area (Å²) >= 11 is 5.82. The van der Waals surface area contributed by atoms with Crippen LogP contribution in [0.2, 0.25) is 5.02 Å². The molecule has 1 unspecified atom stereocenters. The Morgan fingerprint density at radius 3 is 2.28 bits per heavy atom. The summed E-state index contributed by atoms with van der Waals surface area (Å²) in [5, 5.41) is 14.1. The van der Waals surface area contributed by atoms with Crippen molar-refractivity contribution >= 4 is 11.6 Å². The molecule has 0 spiro atoms. The second-order valence-corrected chi connectivity index (χ2v) is 6.28. The number of nitrogens with one attached hydrogen (secondary N) is 1. The average Bonchev–Trinajstić information content (AvgIpc) is 2.29. The first-order valence-electron chi connectivity index (χ1n) is 6.47. The molecule has 0 fully saturated rings. The van der Waals surface area contributed by atoms with Crippen molar-refractivity contribution in [3.8, 4) is 0 Å². The SMILES string of the molecule is CC(C)C(C)(C)CNCC(O)c1ccc(Cl)cc1. The van der Waals surface area contributed by atoms with Crippen LogP contribution < -0.4 is 5.32 Å². The monoisotopic (exact) mass is 269 g/mol. The van der Waals surface area contributed by atoms with Crippen LogP contribution >= 0.6 is 11.6 Å². The van der Waals surface area contributed by atoms with E-state index < -0.39 is 6.10 Å². The first-order chi connectivity index (χ1) is 8.33. The second kappa shape index (κ2) is 6.55. The van der Waals surface area contributed by atoms with Crippen LogP contribution in [0.3, 0.4) is 0 Å². The Kier molecular flexibility index (Phi) is 5.64. The van der Waals surface area contributed by atoms with E-state index in [-0.39, 0.29) is 5.41 Å². The molecule has 2 N–H and O–H groups in total. The van der Waals surface area contributed by atoms with Gasteiger partial charge in [-0.05, 0) is 29.0 Å². The van der Waals surface area contributed by atoms with Gasteiger partial charge < -0.3 is 10.4 Å². The lowest BCUT2D eigenvalue weighted by Gasteiger charge is -2.30. The quantitative estimate of drug-likeness (QED) is 0.826. The van der Waals surface area contributed by atoms with Crippen LogP contribution in [0.1, 0.15) is 39.4 Å². The number of hydrogen-bond acceptors (Lipinski definition) is 2. The van der Waals surface area contributed by atoms with Crippen LogP contribution in [-0.4, -0.2) is 18.2 Å². The lowest BCUT2D eigenvalue weighted by Crippen LogP contribution is -2.35. The van der Waals surface area contributed by atoms with E-state index in [1.165, 1.54) is 0 Å². The molecule has 3 heteroatoms. The Morgan fingerprint density at radius 2 is 1.78 bits per heavy atom. The van der Waals surface area contributed by atoms with Crippen molar-refractivity contribution < 1.29 is 5.11 Å². The highest BCUT2D eigenvalue weighted by Crippen LogP contribution is 2.25. The van der Waals surface area contributed by atoms with Gasteiger partial charge in [0.25, 0.3) is 0 Å². The zero-order chi connectivity index (χ0) is 13.8. The summed E-state index contributed by atoms with van der Waals surface area (Å²) in [6.45, 7) is 10.4. The molecule has 0 aromatic heterocycles. The van der Waals surface area contributed by atoms with Crippen molar-refractivity contribution in [3.05, 3.63) is 34.9 Å². The third kappa shape index (κ3) is 4.60. The molecule has 0 saturated carbocycles. The van der Waals surface area contributed by atoms with Crippen LogP contribution in [0, 0.1) is 11.3 Å². The van der Waals surface area contributed by atoms with Crippen molar-refractivity contribution in [2.24, 2.45) is 11.3 Å². The number of rotatable bonds is 6. The summed E-state index contributed by atoms with van der Waals surface area (Å²) in [5.74, 6) is 0.609. The van der Waals surface area contributed by atoms with Crippen molar-refractivity contribution in [2.75, 3.05) is 13.1 Å². The van der Waals surface area contributed by atoms with Crippen molar-refractivity contribution in [2.45, 2.75) is 33.8 Å². The van der Waals surface area contributed by atoms with Gasteiger partial charge in [0.1, 0.15) is 0 Å². The van der Waals surface area contributed by atoms with E-state index in [0.717, 1.165) is 12.1 Å². The summed E-state index contributed by atoms with van der Waals surface area (Å²) in [6.07, 6.45) is -0.481. The molecule has 2 nitrogen and oxygen atoms in total. The van der Waals surface area contributed by atoms with E-state index in [0.29, 0.717) is 17.5 Å². The normalized spacial score (nSPS) is 13.9. The number of aliphatic hydroxyl groups excluding tert-OH is 1. The molecule has 1 aromatic rings. The molecule has 1 aromatic carbocycles. The highest BCUT2D eigenvalue weighted by molar-refractivity contribution is 6.30. The topological polar surface area (TPSA) is 32.3 Å². The standard InChI is InChI=1S/C15H24ClNO/c1-11(2)15(3,4)10-17-9-14(18)12-5-7-13(16)8-6-12/h5-8,11,14,17-18H,9-10H2,1-4H3. The van der Waals surface area contributed by atoms with E-state index in [9.17, 15) is 5.11 Å². The Balaban J connectivity index is 2.42. The number of hydrogen-bond donors (Lipinski definition) is 2. The highest BCUT2D eigenvalue weighted by Gasteiger charge is 2.22. The maximum Gasteiger partial charge on any atom is 0.0914 e. The zero-order valence-corrected chi connectivity index (χ0v) is 12.5. The molecule has 0 bridgehead atoms. The third-order valence-corrected chi connectivity index (χ3v) is 3.99. The molecule has 1 rings (SSSR count). The summed E-state index contributed by atoms with van der Waals surface area (Å²) < 4.78 is 0. The third-order valence-electron chi connectivity index (χ3n) is 3.74. The molecule has 0 aliphatic rings. The molecular weight excluding hydrogens is 246 g/mol. The average molecular weight is 270 g/mol. The summed E-state index contributed by atoms with van der Waals surface area (Å²) in [4.78, 5) is 0. The highest BCUT2D eigenvalue weighted by atomic mass is 35.5. The summed E-state index contributed by atoms with van der Waals surface area (Å²) in [7, 11) is 0. The lowest BCUT2D eigenvalue weighted by atomic mass is 9.81. The molecule has 0 radical (unpaired) electrons. The van der Waals surface area contributed by atoms with Crippen LogP contribution in [0.15, 0.2) is 24.3 Å². The smallest absolute Gasteiger partial charge is 0.0914 e. The molecule has 1 atom stereocenters. The largest absolute Gasteiger partial charge is 0.387 e. The predicted octanol–water partition coefficient (Wildman–Crippen LogP) is 3.65. The lowest BCUT2D eigenvalue weighted by molar-refractivity contribution is 0.160. The molecule has 0 saturated heterocycles. The van der Waals surface area contributed by atoms with E-state index in [1.807, 2.05) is 12.1 Å². The maximum absolute atomic E-state index is 10.0. The Bertz CT molecular complexity index is 359. The van der Waals surface area contributed by atoms with Gasteiger partial charge in [-0.1, -0.05) is 51.4 Å². The van der Waals surface area contributed by atoms with E-state index in [2.05, 4.69) is 33.0 Å². The van der Waals surface area contributed by atoms with Gasteiger partial charge in [-0.25, -0.2) is 0 Å². The molecule has 18 heavy (non-hydrogen) atoms. The first kappa shape index (κ1) is 15.5. The molecular formula is C15H24ClNO. The second-order valence-electron chi connectivity index (χ2n) is 5.84. The van der Waals surface area contributed by atoms with Gasteiger partial charge in [-0.2, -0.15) is 0 Å². The molecule has 0 heterocycles. The van der Waals surface area contributed by atoms with Crippen molar-refractivity contribution in [3.63, 3.8) is 0 Å². The molecule has 0 aliphatic carbocycles. The van der Waals surface area contributed by atoms with Gasteiger partial charge in [0.05, 0.1) is 6.10 Å². The minimum Gasteiger partial charge on any atom is -0.387 e. The van der Waals surface area contributed by atoms with Crippen LogP contribution in [-0.2, 0) is 0 Å². The van der Waals surface area contributed by atoms with Gasteiger partial charge in [0.2, 0.25) is 0 Å². The fraction of sp³-hybridized carbons (Fsp3) is 0.600. The van der Waals surface area contributed by atoms with Crippen molar-refractivity contribution in [1.29, 1.82) is 0 Å². The number of benzene rings is 1. The molecule has 0 amide bonds. The molecule has 0 aliphatic heterocycles. The van der Waals surface area contributed by atoms with Crippen molar-refractivity contribution in [1.82, 2.24) is 5.32 Å². The van der Waals surface area contributed by atoms with Crippen LogP contribution in [0.4, 0.5) is 0 Å². The van der Waals surface area contributed by atoms with Gasteiger partial charge >= 0.3 is 0 Å². The zero-order valence-electron chi connectivity index (χ0n) is 11.7. The minimum absolute atomic E-state index is 0.236. The van der Waals surface area contributed by atoms with Gasteiger partial charge in [-0.15, -0.1) is 0 Å². The van der Waals surface area contributed by atoms with E-state index in [4.69, 9.17) is 11.6 Å². The maximum atomic E-state index is 10.0. The van der Waals surface area contributed by atoms with E-state index >= 15 is 0 Å². The fourth-order valence-corrected chi connectivity index (χ4v) is 1.66. The summed E-state index contributed by atoms with van der Waals surface area (Å²) in [6, 6.07) is 7.33. The van der Waals surface area contributed by atoms with Crippen LogP contribution in [0.5, 0.6) is 0 Å². The fourth-order valence-electron chi connectivity index (χ4n) is 1.54. The van der Waals surface area contributed by atoms with E-state index in [1.54, 1.807) is 12.1 Å². The Hall–Kier alpha value is -0.570.